The van der Waals surface area contributed by atoms with Gasteiger partial charge in [0.15, 0.2) is 0 Å². The van der Waals surface area contributed by atoms with E-state index in [2.05, 4.69) is 13.5 Å². The maximum Gasteiger partial charge on any atom is 0.0617 e. The number of rotatable bonds is 0. The molecule has 3 heteroatoms. The van der Waals surface area contributed by atoms with Gasteiger partial charge in [-0.3, -0.25) is 0 Å². The zero-order valence-corrected chi connectivity index (χ0v) is 9.45. The summed E-state index contributed by atoms with van der Waals surface area (Å²) in [6.07, 6.45) is 2.95. The van der Waals surface area contributed by atoms with E-state index in [1.54, 1.807) is 0 Å². The number of fused-ring (bicyclic) bond motifs is 1. The third-order valence-electron chi connectivity index (χ3n) is 5.16. The molecule has 5 atom stereocenters. The number of hydrogen-bond acceptors (Lipinski definition) is 1. The predicted octanol–water partition coefficient (Wildman–Crippen LogP) is 1.01. The number of aliphatic hydroxyl groups is 1. The summed E-state index contributed by atoms with van der Waals surface area (Å²) in [5, 5.41) is 10.2. The Bertz CT molecular complexity index is 332. The maximum atomic E-state index is 10.2. The number of piperidine rings is 1. The summed E-state index contributed by atoms with van der Waals surface area (Å²) in [4.78, 5) is 0. The Morgan fingerprint density at radius 2 is 2.33 bits per heavy atom. The molecule has 2 nitrogen and oxygen atoms in total. The molecule has 15 heavy (non-hydrogen) atoms. The SMILES string of the molecule is [B-][N+]12CC[C@@]3(C)C[C@@H](O)[C@H](C[C@H]31)C(=C)C2. The fourth-order valence-corrected chi connectivity index (χ4v) is 4.28. The van der Waals surface area contributed by atoms with Gasteiger partial charge in [0.2, 0.25) is 0 Å². The maximum absolute atomic E-state index is 10.2. The van der Waals surface area contributed by atoms with Crippen LogP contribution in [0.15, 0.2) is 12.2 Å². The minimum absolute atomic E-state index is 0.175. The van der Waals surface area contributed by atoms with Crippen molar-refractivity contribution in [2.45, 2.75) is 38.3 Å². The van der Waals surface area contributed by atoms with E-state index in [0.29, 0.717) is 16.4 Å². The van der Waals surface area contributed by atoms with Crippen LogP contribution in [0.3, 0.4) is 0 Å². The van der Waals surface area contributed by atoms with E-state index in [-0.39, 0.29) is 11.5 Å². The highest BCUT2D eigenvalue weighted by atomic mass is 16.3. The van der Waals surface area contributed by atoms with Gasteiger partial charge in [0.1, 0.15) is 0 Å². The van der Waals surface area contributed by atoms with Crippen molar-refractivity contribution in [1.82, 2.24) is 0 Å². The van der Waals surface area contributed by atoms with Gasteiger partial charge in [0.25, 0.3) is 0 Å². The van der Waals surface area contributed by atoms with E-state index in [4.69, 9.17) is 7.98 Å². The lowest BCUT2D eigenvalue weighted by atomic mass is 9.62. The van der Waals surface area contributed by atoms with Gasteiger partial charge in [-0.05, 0) is 12.0 Å². The van der Waals surface area contributed by atoms with Crippen molar-refractivity contribution >= 4 is 7.98 Å². The Morgan fingerprint density at radius 3 is 3.07 bits per heavy atom. The van der Waals surface area contributed by atoms with Gasteiger partial charge in [0, 0.05) is 36.8 Å². The van der Waals surface area contributed by atoms with Crippen LogP contribution in [0.5, 0.6) is 0 Å². The number of quaternary nitrogens is 1. The van der Waals surface area contributed by atoms with Crippen LogP contribution in [0.4, 0.5) is 0 Å². The Balaban J connectivity index is 2.03. The first kappa shape index (κ1) is 9.92. The van der Waals surface area contributed by atoms with Gasteiger partial charge in [-0.2, -0.15) is 0 Å². The second kappa shape index (κ2) is 2.69. The molecule has 2 bridgehead atoms. The van der Waals surface area contributed by atoms with Crippen LogP contribution >= 0.6 is 0 Å². The summed E-state index contributed by atoms with van der Waals surface area (Å²) < 4.78 is 0.693. The predicted molar refractivity (Wildman–Crippen MR) is 60.1 cm³/mol. The second-order valence-electron chi connectivity index (χ2n) is 6.18. The smallest absolute Gasteiger partial charge is 0.0617 e. The molecule has 81 valence electrons. The van der Waals surface area contributed by atoms with Gasteiger partial charge in [0.05, 0.1) is 12.6 Å². The molecule has 2 heterocycles. The molecule has 3 radical (unpaired) electrons. The lowest BCUT2D eigenvalue weighted by Crippen LogP contribution is -2.62. The number of hydrogen-bond donors (Lipinski definition) is 1. The van der Waals surface area contributed by atoms with Gasteiger partial charge in [-0.1, -0.05) is 13.5 Å². The minimum atomic E-state index is -0.175. The normalized spacial score (nSPS) is 58.3. The van der Waals surface area contributed by atoms with Crippen molar-refractivity contribution in [3.8, 4) is 0 Å². The largest absolute Gasteiger partial charge is 0.582 e. The fraction of sp³-hybridized carbons (Fsp3) is 0.833. The first-order chi connectivity index (χ1) is 6.95. The second-order valence-corrected chi connectivity index (χ2v) is 6.18. The molecule has 1 aliphatic carbocycles. The average molecular weight is 204 g/mol. The molecule has 3 aliphatic rings. The van der Waals surface area contributed by atoms with Crippen molar-refractivity contribution in [2.24, 2.45) is 11.3 Å². The van der Waals surface area contributed by atoms with Crippen molar-refractivity contribution < 1.29 is 9.50 Å². The summed E-state index contributed by atoms with van der Waals surface area (Å²) in [5.74, 6) is 0.316. The van der Waals surface area contributed by atoms with Crippen LogP contribution < -0.4 is 0 Å². The Kier molecular flexibility index (Phi) is 1.78. The molecule has 1 unspecified atom stereocenters. The van der Waals surface area contributed by atoms with Crippen LogP contribution in [-0.4, -0.2) is 42.7 Å². The summed E-state index contributed by atoms with van der Waals surface area (Å²) in [6, 6.07) is 0.552. The molecule has 1 saturated carbocycles. The van der Waals surface area contributed by atoms with Crippen molar-refractivity contribution in [3.05, 3.63) is 12.2 Å². The van der Waals surface area contributed by atoms with E-state index in [9.17, 15) is 5.11 Å². The minimum Gasteiger partial charge on any atom is -0.582 e. The molecule has 0 aromatic carbocycles. The molecular weight excluding hydrogens is 185 g/mol. The lowest BCUT2D eigenvalue weighted by Gasteiger charge is -2.62. The molecular formula is C12H19BNO. The van der Waals surface area contributed by atoms with Crippen LogP contribution in [-0.2, 0) is 0 Å². The summed E-state index contributed by atoms with van der Waals surface area (Å²) >= 11 is 0. The molecule has 0 aromatic heterocycles. The first-order valence-electron chi connectivity index (χ1n) is 5.96. The van der Waals surface area contributed by atoms with Gasteiger partial charge in [-0.15, -0.1) is 0 Å². The standard InChI is InChI=1S/C12H19BNO/c1-8-7-14(13)4-3-12(2)6-10(15)9(8)5-11(12)14/h9-11,15H,1,3-7H2,2H3/t9-,10-,11-,12+,14?/m1/s1. The van der Waals surface area contributed by atoms with Crippen LogP contribution in [0, 0.1) is 11.3 Å². The quantitative estimate of drug-likeness (QED) is 0.461. The average Bonchev–Trinajstić information content (AvgIpc) is 2.39. The summed E-state index contributed by atoms with van der Waals surface area (Å²) in [7, 11) is 6.47. The zero-order chi connectivity index (χ0) is 10.8. The van der Waals surface area contributed by atoms with Gasteiger partial charge < -0.3 is 9.50 Å². The van der Waals surface area contributed by atoms with Crippen LogP contribution in [0.25, 0.3) is 0 Å². The summed E-state index contributed by atoms with van der Waals surface area (Å²) in [5.41, 5.74) is 1.44. The van der Waals surface area contributed by atoms with Crippen molar-refractivity contribution in [1.29, 1.82) is 0 Å². The molecule has 2 saturated heterocycles. The molecule has 2 aliphatic heterocycles. The van der Waals surface area contributed by atoms with Gasteiger partial charge in [-0.25, -0.2) is 7.98 Å². The summed E-state index contributed by atoms with van der Waals surface area (Å²) in [6.45, 7) is 8.35. The van der Waals surface area contributed by atoms with E-state index in [1.165, 1.54) is 5.57 Å². The topological polar surface area (TPSA) is 20.2 Å². The first-order valence-corrected chi connectivity index (χ1v) is 5.96. The Morgan fingerprint density at radius 1 is 1.60 bits per heavy atom. The lowest BCUT2D eigenvalue weighted by molar-refractivity contribution is -0.836. The molecule has 0 aromatic rings. The van der Waals surface area contributed by atoms with E-state index >= 15 is 0 Å². The number of nitrogens with zero attached hydrogens (tertiary/aromatic N) is 1. The Hall–Kier alpha value is -0.275. The van der Waals surface area contributed by atoms with Crippen molar-refractivity contribution in [2.75, 3.05) is 13.1 Å². The van der Waals surface area contributed by atoms with Crippen LogP contribution in [0.1, 0.15) is 26.2 Å². The van der Waals surface area contributed by atoms with Crippen LogP contribution in [0.2, 0.25) is 0 Å². The molecule has 1 N–H and O–H groups in total. The fourth-order valence-electron chi connectivity index (χ4n) is 4.28. The van der Waals surface area contributed by atoms with Gasteiger partial charge >= 0.3 is 0 Å². The highest BCUT2D eigenvalue weighted by molar-refractivity contribution is 5.97. The molecule has 0 amide bonds. The van der Waals surface area contributed by atoms with E-state index in [0.717, 1.165) is 32.4 Å². The molecule has 3 fully saturated rings. The third-order valence-corrected chi connectivity index (χ3v) is 5.16. The van der Waals surface area contributed by atoms with Crippen molar-refractivity contribution in [3.63, 3.8) is 0 Å². The Labute approximate surface area is 93.0 Å². The monoisotopic (exact) mass is 204 g/mol. The highest BCUT2D eigenvalue weighted by Crippen LogP contribution is 2.55. The molecule has 3 rings (SSSR count). The highest BCUT2D eigenvalue weighted by Gasteiger charge is 2.56. The van der Waals surface area contributed by atoms with E-state index in [1.807, 2.05) is 0 Å². The van der Waals surface area contributed by atoms with E-state index < -0.39 is 0 Å². The molecule has 0 spiro atoms. The third kappa shape index (κ3) is 1.14. The number of aliphatic hydroxyl groups excluding tert-OH is 1. The zero-order valence-electron chi connectivity index (χ0n) is 9.45.